The molecular weight excluding hydrogens is 563 g/mol. The van der Waals surface area contributed by atoms with Crippen LogP contribution in [0.25, 0.3) is 11.1 Å². The predicted molar refractivity (Wildman–Crippen MR) is 160 cm³/mol. The second-order valence-corrected chi connectivity index (χ2v) is 15.3. The molecule has 0 amide bonds. The van der Waals surface area contributed by atoms with Gasteiger partial charge in [0, 0.05) is 0 Å². The van der Waals surface area contributed by atoms with Crippen molar-refractivity contribution in [3.8, 4) is 11.1 Å². The van der Waals surface area contributed by atoms with Crippen molar-refractivity contribution in [1.29, 1.82) is 0 Å². The molecule has 0 aromatic heterocycles. The Balaban J connectivity index is 0.00000185. The molecule has 202 valence electrons. The largest absolute Gasteiger partial charge is 1.00 e. The Morgan fingerprint density at radius 1 is 0.650 bits per heavy atom. The molecule has 0 heterocycles. The smallest absolute Gasteiger partial charge is 1.00 e. The number of hydrogen-bond acceptors (Lipinski definition) is 0. The molecule has 0 atom stereocenters. The number of hydrogen-bond donors (Lipinski definition) is 0. The first-order chi connectivity index (χ1) is 18.5. The van der Waals surface area contributed by atoms with Gasteiger partial charge in [0.05, 0.1) is 0 Å². The van der Waals surface area contributed by atoms with Gasteiger partial charge in [0.2, 0.25) is 0 Å². The number of benzene rings is 4. The normalized spacial score (nSPS) is 13.2. The van der Waals surface area contributed by atoms with Crippen molar-refractivity contribution in [3.05, 3.63) is 153 Å². The van der Waals surface area contributed by atoms with Crippen LogP contribution in [0.3, 0.4) is 0 Å². The summed E-state index contributed by atoms with van der Waals surface area (Å²) < 4.78 is 3.69. The van der Waals surface area contributed by atoms with Gasteiger partial charge in [-0.05, 0) is 0 Å². The van der Waals surface area contributed by atoms with Crippen molar-refractivity contribution < 1.29 is 42.2 Å². The number of rotatable bonds is 6. The van der Waals surface area contributed by atoms with E-state index in [9.17, 15) is 0 Å². The average Bonchev–Trinajstić information content (AvgIpc) is 3.58. The SMILES string of the molecule is CC(C)c1ccc2c(c1)[CH]([Ti+2]([C]1=CC=CC1)=[C](c1ccccc1)c1ccccc1)c1cc(C(C)C)ccc1-2.[Cl-].[Cl-]. The van der Waals surface area contributed by atoms with E-state index in [1.807, 2.05) is 0 Å². The molecule has 0 nitrogen and oxygen atoms in total. The molecule has 2 aliphatic carbocycles. The summed E-state index contributed by atoms with van der Waals surface area (Å²) in [6.07, 6.45) is 8.19. The minimum Gasteiger partial charge on any atom is -1.00 e. The van der Waals surface area contributed by atoms with Crippen LogP contribution in [0.5, 0.6) is 0 Å². The Bertz CT molecular complexity index is 1480. The van der Waals surface area contributed by atoms with Gasteiger partial charge in [-0.1, -0.05) is 0 Å². The second kappa shape index (κ2) is 13.0. The number of allylic oxidation sites excluding steroid dienone is 4. The molecule has 0 spiro atoms. The zero-order valence-corrected chi connectivity index (χ0v) is 26.7. The van der Waals surface area contributed by atoms with Crippen LogP contribution >= 0.6 is 0 Å². The fourth-order valence-electron chi connectivity index (χ4n) is 6.15. The van der Waals surface area contributed by atoms with Crippen molar-refractivity contribution in [2.75, 3.05) is 0 Å². The Kier molecular flexibility index (Phi) is 9.91. The van der Waals surface area contributed by atoms with Gasteiger partial charge in [0.1, 0.15) is 0 Å². The molecule has 0 radical (unpaired) electrons. The molecule has 0 bridgehead atoms. The number of halogens is 2. The van der Waals surface area contributed by atoms with Gasteiger partial charge in [-0.25, -0.2) is 0 Å². The Labute approximate surface area is 258 Å². The summed E-state index contributed by atoms with van der Waals surface area (Å²) in [6.45, 7) is 9.28. The average molecular weight is 599 g/mol. The third kappa shape index (κ3) is 5.66. The Hall–Kier alpha value is -2.48. The summed E-state index contributed by atoms with van der Waals surface area (Å²) in [5.74, 6) is 1.02. The molecule has 4 aromatic rings. The van der Waals surface area contributed by atoms with E-state index in [4.69, 9.17) is 0 Å². The van der Waals surface area contributed by atoms with Gasteiger partial charge in [-0.2, -0.15) is 0 Å². The second-order valence-electron chi connectivity index (χ2n) is 11.3. The quantitative estimate of drug-likeness (QED) is 0.297. The maximum atomic E-state index is 2.56. The molecule has 40 heavy (non-hydrogen) atoms. The first kappa shape index (κ1) is 30.5. The summed E-state index contributed by atoms with van der Waals surface area (Å²) in [6, 6.07) is 37.1. The molecular formula is C37H36Cl2Ti. The zero-order valence-electron chi connectivity index (χ0n) is 23.7. The molecule has 0 saturated carbocycles. The first-order valence-electron chi connectivity index (χ1n) is 14.0. The fraction of sp³-hybridized carbons (Fsp3) is 0.216. The van der Waals surface area contributed by atoms with Crippen molar-refractivity contribution in [2.24, 2.45) is 0 Å². The predicted octanol–water partition coefficient (Wildman–Crippen LogP) is 3.74. The van der Waals surface area contributed by atoms with Crippen molar-refractivity contribution >= 4 is 3.81 Å². The van der Waals surface area contributed by atoms with E-state index in [2.05, 4.69) is 143 Å². The van der Waals surface area contributed by atoms with Crippen LogP contribution in [-0.2, 0) is 17.4 Å². The molecule has 0 unspecified atom stereocenters. The van der Waals surface area contributed by atoms with E-state index in [0.29, 0.717) is 16.1 Å². The van der Waals surface area contributed by atoms with E-state index < -0.39 is 17.4 Å². The maximum absolute atomic E-state index is 2.56. The van der Waals surface area contributed by atoms with Gasteiger partial charge in [0.25, 0.3) is 0 Å². The van der Waals surface area contributed by atoms with E-state index in [0.717, 1.165) is 6.42 Å². The third-order valence-corrected chi connectivity index (χ3v) is 13.5. The number of fused-ring (bicyclic) bond motifs is 3. The minimum absolute atomic E-state index is 0. The van der Waals surface area contributed by atoms with E-state index in [-0.39, 0.29) is 24.8 Å². The fourth-order valence-corrected chi connectivity index (χ4v) is 11.9. The van der Waals surface area contributed by atoms with Crippen molar-refractivity contribution in [1.82, 2.24) is 0 Å². The van der Waals surface area contributed by atoms with Gasteiger partial charge >= 0.3 is 235 Å². The molecule has 0 aliphatic heterocycles. The maximum Gasteiger partial charge on any atom is -1.00 e. The summed E-state index contributed by atoms with van der Waals surface area (Å²) in [4.78, 5) is 0. The van der Waals surface area contributed by atoms with Crippen LogP contribution in [0.4, 0.5) is 0 Å². The molecule has 4 aromatic carbocycles. The third-order valence-electron chi connectivity index (χ3n) is 8.20. The topological polar surface area (TPSA) is 0 Å². The molecule has 3 heteroatoms. The van der Waals surface area contributed by atoms with Crippen LogP contribution in [0.2, 0.25) is 0 Å². The minimum atomic E-state index is -2.17. The summed E-state index contributed by atoms with van der Waals surface area (Å²) >= 11 is -2.17. The van der Waals surface area contributed by atoms with Gasteiger partial charge in [-0.3, -0.25) is 0 Å². The van der Waals surface area contributed by atoms with Gasteiger partial charge in [-0.15, -0.1) is 0 Å². The molecule has 6 rings (SSSR count). The molecule has 0 saturated heterocycles. The van der Waals surface area contributed by atoms with Gasteiger partial charge in [0.15, 0.2) is 0 Å². The van der Waals surface area contributed by atoms with E-state index in [1.165, 1.54) is 33.4 Å². The van der Waals surface area contributed by atoms with E-state index >= 15 is 0 Å². The summed E-state index contributed by atoms with van der Waals surface area (Å²) in [5, 5.41) is 0. The first-order valence-corrected chi connectivity index (χ1v) is 16.5. The standard InChI is InChI=1S/C19H21.C13H10.C5H5.2ClH.Ti/c1-12(2)14-5-7-18-16(9-14)11-17-10-15(13(3)4)6-8-19(17)18;1-3-7-12(8-4-1)11-13-9-5-2-6-10-13;1-2-4-5-3-1;;;/h5-13H,1-4H3;1-10H;1-3H,4H2;2*1H;/q;;;;;+2/p-2. The Morgan fingerprint density at radius 3 is 1.52 bits per heavy atom. The van der Waals surface area contributed by atoms with Crippen molar-refractivity contribution in [3.63, 3.8) is 0 Å². The Morgan fingerprint density at radius 2 is 1.12 bits per heavy atom. The zero-order chi connectivity index (χ0) is 26.2. The van der Waals surface area contributed by atoms with Crippen LogP contribution in [0, 0.1) is 0 Å². The summed E-state index contributed by atoms with van der Waals surface area (Å²) in [7, 11) is 0. The van der Waals surface area contributed by atoms with Crippen LogP contribution in [0.15, 0.2) is 119 Å². The van der Waals surface area contributed by atoms with Crippen LogP contribution in [-0.4, -0.2) is 3.81 Å². The van der Waals surface area contributed by atoms with E-state index in [1.54, 1.807) is 18.8 Å². The van der Waals surface area contributed by atoms with Crippen LogP contribution < -0.4 is 24.8 Å². The van der Waals surface area contributed by atoms with Crippen LogP contribution in [0.1, 0.15) is 83.6 Å². The molecule has 2 aliphatic rings. The monoisotopic (exact) mass is 598 g/mol. The summed E-state index contributed by atoms with van der Waals surface area (Å²) in [5.41, 5.74) is 11.7. The van der Waals surface area contributed by atoms with Gasteiger partial charge < -0.3 is 24.8 Å². The van der Waals surface area contributed by atoms with Crippen molar-refractivity contribution in [2.45, 2.75) is 50.2 Å². The molecule has 0 N–H and O–H groups in total. The molecule has 0 fully saturated rings.